The zero-order chi connectivity index (χ0) is 12.2. The highest BCUT2D eigenvalue weighted by atomic mass is 35.5. The molecule has 1 aromatic rings. The fraction of sp³-hybridized carbons (Fsp3) is 0.583. The van der Waals surface area contributed by atoms with Crippen LogP contribution in [0.5, 0.6) is 0 Å². The first-order chi connectivity index (χ1) is 7.44. The lowest BCUT2D eigenvalue weighted by Gasteiger charge is -2.23. The molecule has 0 saturated heterocycles. The molecule has 0 spiro atoms. The van der Waals surface area contributed by atoms with E-state index in [4.69, 9.17) is 17.4 Å². The normalized spacial score (nSPS) is 13.8. The monoisotopic (exact) mass is 241 g/mol. The predicted molar refractivity (Wildman–Crippen MR) is 68.0 cm³/mol. The molecule has 0 amide bonds. The molecule has 16 heavy (non-hydrogen) atoms. The summed E-state index contributed by atoms with van der Waals surface area (Å²) in [5, 5.41) is 0.666. The van der Waals surface area contributed by atoms with Crippen molar-refractivity contribution in [1.82, 2.24) is 10.4 Å². The summed E-state index contributed by atoms with van der Waals surface area (Å²) < 4.78 is 0. The van der Waals surface area contributed by atoms with Gasteiger partial charge >= 0.3 is 0 Å². The van der Waals surface area contributed by atoms with Gasteiger partial charge in [-0.05, 0) is 29.9 Å². The Morgan fingerprint density at radius 3 is 2.69 bits per heavy atom. The molecule has 1 aromatic heterocycles. The third-order valence-electron chi connectivity index (χ3n) is 2.56. The highest BCUT2D eigenvalue weighted by Crippen LogP contribution is 2.29. The molecule has 3 N–H and O–H groups in total. The molecule has 1 unspecified atom stereocenters. The van der Waals surface area contributed by atoms with Crippen molar-refractivity contribution in [3.63, 3.8) is 0 Å². The van der Waals surface area contributed by atoms with Gasteiger partial charge < -0.3 is 0 Å². The Kier molecular flexibility index (Phi) is 4.71. The molecule has 0 aliphatic heterocycles. The molecule has 1 rings (SSSR count). The van der Waals surface area contributed by atoms with Gasteiger partial charge in [0.25, 0.3) is 0 Å². The van der Waals surface area contributed by atoms with E-state index in [1.165, 1.54) is 0 Å². The molecule has 1 heterocycles. The molecule has 3 nitrogen and oxygen atoms in total. The third-order valence-corrected chi connectivity index (χ3v) is 2.88. The highest BCUT2D eigenvalue weighted by molar-refractivity contribution is 6.31. The van der Waals surface area contributed by atoms with Crippen LogP contribution < -0.4 is 11.3 Å². The Hall–Kier alpha value is -0.640. The molecule has 0 radical (unpaired) electrons. The van der Waals surface area contributed by atoms with E-state index < -0.39 is 0 Å². The van der Waals surface area contributed by atoms with Gasteiger partial charge in [0.2, 0.25) is 0 Å². The molecular weight excluding hydrogens is 222 g/mol. The van der Waals surface area contributed by atoms with Gasteiger partial charge in [0.1, 0.15) is 0 Å². The second-order valence-corrected chi connectivity index (χ2v) is 5.62. The number of nitrogens with zero attached hydrogens (tertiary/aromatic N) is 1. The van der Waals surface area contributed by atoms with E-state index in [9.17, 15) is 0 Å². The number of nitrogens with two attached hydrogens (primary N) is 1. The summed E-state index contributed by atoms with van der Waals surface area (Å²) in [7, 11) is 0. The van der Waals surface area contributed by atoms with Crippen molar-refractivity contribution in [2.24, 2.45) is 11.3 Å². The molecule has 4 heteroatoms. The first kappa shape index (κ1) is 13.4. The first-order valence-electron chi connectivity index (χ1n) is 5.49. The summed E-state index contributed by atoms with van der Waals surface area (Å²) in [6.45, 7) is 6.65. The maximum absolute atomic E-state index is 6.09. The predicted octanol–water partition coefficient (Wildman–Crippen LogP) is 3.07. The van der Waals surface area contributed by atoms with Crippen molar-refractivity contribution in [2.75, 3.05) is 0 Å². The van der Waals surface area contributed by atoms with Gasteiger partial charge in [-0.3, -0.25) is 16.3 Å². The van der Waals surface area contributed by atoms with Crippen molar-refractivity contribution in [3.05, 3.63) is 29.0 Å². The van der Waals surface area contributed by atoms with Crippen LogP contribution in [0.2, 0.25) is 5.02 Å². The summed E-state index contributed by atoms with van der Waals surface area (Å²) in [4.78, 5) is 3.97. The Balaban J connectivity index is 2.72. The van der Waals surface area contributed by atoms with Gasteiger partial charge in [0, 0.05) is 18.4 Å². The zero-order valence-corrected chi connectivity index (χ0v) is 10.9. The Morgan fingerprint density at radius 2 is 2.19 bits per heavy atom. The second-order valence-electron chi connectivity index (χ2n) is 5.22. The number of pyridine rings is 1. The minimum Gasteiger partial charge on any atom is -0.271 e. The molecule has 0 aromatic carbocycles. The second kappa shape index (κ2) is 5.62. The maximum atomic E-state index is 6.09. The molecule has 1 atom stereocenters. The lowest BCUT2D eigenvalue weighted by atomic mass is 9.87. The molecule has 0 saturated carbocycles. The van der Waals surface area contributed by atoms with Crippen molar-refractivity contribution in [2.45, 2.75) is 39.7 Å². The lowest BCUT2D eigenvalue weighted by Crippen LogP contribution is -2.29. The number of hydrazine groups is 1. The lowest BCUT2D eigenvalue weighted by molar-refractivity contribution is 0.333. The van der Waals surface area contributed by atoms with E-state index in [1.54, 1.807) is 12.4 Å². The largest absolute Gasteiger partial charge is 0.271 e. The smallest absolute Gasteiger partial charge is 0.0637 e. The Bertz CT molecular complexity index is 333. The summed E-state index contributed by atoms with van der Waals surface area (Å²) >= 11 is 6.09. The minimum absolute atomic E-state index is 0.0923. The SMILES string of the molecule is CC(C)(C)CCC(NN)c1ccncc1Cl. The quantitative estimate of drug-likeness (QED) is 0.629. The number of halogens is 1. The van der Waals surface area contributed by atoms with Gasteiger partial charge in [0.05, 0.1) is 5.02 Å². The molecule has 0 aliphatic rings. The van der Waals surface area contributed by atoms with Crippen LogP contribution in [0.3, 0.4) is 0 Å². The number of rotatable bonds is 4. The van der Waals surface area contributed by atoms with E-state index in [0.717, 1.165) is 18.4 Å². The van der Waals surface area contributed by atoms with Crippen LogP contribution in [-0.2, 0) is 0 Å². The van der Waals surface area contributed by atoms with E-state index in [1.807, 2.05) is 6.07 Å². The van der Waals surface area contributed by atoms with E-state index in [0.29, 0.717) is 10.4 Å². The van der Waals surface area contributed by atoms with Crippen LogP contribution in [0.4, 0.5) is 0 Å². The Morgan fingerprint density at radius 1 is 1.50 bits per heavy atom. The van der Waals surface area contributed by atoms with Crippen LogP contribution in [-0.4, -0.2) is 4.98 Å². The van der Waals surface area contributed by atoms with Gasteiger partial charge in [0.15, 0.2) is 0 Å². The minimum atomic E-state index is 0.0923. The first-order valence-corrected chi connectivity index (χ1v) is 5.87. The average Bonchev–Trinajstić information content (AvgIpc) is 2.20. The van der Waals surface area contributed by atoms with Gasteiger partial charge in [-0.2, -0.15) is 0 Å². The Labute approximate surface area is 102 Å². The van der Waals surface area contributed by atoms with Gasteiger partial charge in [-0.15, -0.1) is 0 Å². The van der Waals surface area contributed by atoms with Gasteiger partial charge in [-0.25, -0.2) is 0 Å². The van der Waals surface area contributed by atoms with E-state index in [-0.39, 0.29) is 6.04 Å². The van der Waals surface area contributed by atoms with Crippen LogP contribution in [0.25, 0.3) is 0 Å². The molecule has 0 aliphatic carbocycles. The fourth-order valence-electron chi connectivity index (χ4n) is 1.57. The van der Waals surface area contributed by atoms with Crippen molar-refractivity contribution >= 4 is 11.6 Å². The number of aromatic nitrogens is 1. The number of nitrogens with one attached hydrogen (secondary N) is 1. The molecule has 0 bridgehead atoms. The van der Waals surface area contributed by atoms with Crippen molar-refractivity contribution < 1.29 is 0 Å². The summed E-state index contributed by atoms with van der Waals surface area (Å²) in [6.07, 6.45) is 5.44. The summed E-state index contributed by atoms with van der Waals surface area (Å²) in [5.41, 5.74) is 4.14. The maximum Gasteiger partial charge on any atom is 0.0637 e. The summed E-state index contributed by atoms with van der Waals surface area (Å²) in [6, 6.07) is 2.00. The average molecular weight is 242 g/mol. The fourth-order valence-corrected chi connectivity index (χ4v) is 1.83. The van der Waals surface area contributed by atoms with Crippen LogP contribution >= 0.6 is 11.6 Å². The van der Waals surface area contributed by atoms with Crippen LogP contribution in [0.15, 0.2) is 18.5 Å². The van der Waals surface area contributed by atoms with Gasteiger partial charge in [-0.1, -0.05) is 32.4 Å². The molecule has 90 valence electrons. The zero-order valence-electron chi connectivity index (χ0n) is 10.1. The van der Waals surface area contributed by atoms with E-state index in [2.05, 4.69) is 31.2 Å². The molecule has 0 fully saturated rings. The standard InChI is InChI=1S/C12H20ClN3/c1-12(2,3)6-4-11(16-14)9-5-7-15-8-10(9)13/h5,7-8,11,16H,4,6,14H2,1-3H3. The van der Waals surface area contributed by atoms with Crippen LogP contribution in [0.1, 0.15) is 45.2 Å². The van der Waals surface area contributed by atoms with Crippen molar-refractivity contribution in [3.8, 4) is 0 Å². The van der Waals surface area contributed by atoms with Crippen LogP contribution in [0, 0.1) is 5.41 Å². The topological polar surface area (TPSA) is 50.9 Å². The number of hydrogen-bond acceptors (Lipinski definition) is 3. The number of hydrogen-bond donors (Lipinski definition) is 2. The van der Waals surface area contributed by atoms with E-state index >= 15 is 0 Å². The third kappa shape index (κ3) is 4.08. The molecular formula is C12H20ClN3. The summed E-state index contributed by atoms with van der Waals surface area (Å²) in [5.74, 6) is 5.57. The van der Waals surface area contributed by atoms with Crippen molar-refractivity contribution in [1.29, 1.82) is 0 Å². The highest BCUT2D eigenvalue weighted by Gasteiger charge is 2.17.